The molecule has 17 heavy (non-hydrogen) atoms. The first-order chi connectivity index (χ1) is 8.25. The van der Waals surface area contributed by atoms with Gasteiger partial charge in [-0.15, -0.1) is 0 Å². The average molecular weight is 291 g/mol. The third-order valence-corrected chi connectivity index (χ3v) is 4.74. The molecule has 3 rings (SSSR count). The van der Waals surface area contributed by atoms with Gasteiger partial charge >= 0.3 is 0 Å². The lowest BCUT2D eigenvalue weighted by Crippen LogP contribution is -2.37. The van der Waals surface area contributed by atoms with Crippen molar-refractivity contribution >= 4 is 26.7 Å². The zero-order chi connectivity index (χ0) is 11.9. The Morgan fingerprint density at radius 1 is 1.18 bits per heavy atom. The van der Waals surface area contributed by atoms with Crippen LogP contribution in [-0.2, 0) is 5.41 Å². The van der Waals surface area contributed by atoms with E-state index in [0.29, 0.717) is 0 Å². The molecule has 2 aromatic carbocycles. The molecule has 0 spiro atoms. The van der Waals surface area contributed by atoms with Crippen LogP contribution in [0, 0.1) is 0 Å². The van der Waals surface area contributed by atoms with Crippen molar-refractivity contribution < 1.29 is 5.11 Å². The van der Waals surface area contributed by atoms with Gasteiger partial charge in [0.2, 0.25) is 0 Å². The van der Waals surface area contributed by atoms with Gasteiger partial charge in [0.1, 0.15) is 0 Å². The van der Waals surface area contributed by atoms with E-state index in [9.17, 15) is 5.11 Å². The lowest BCUT2D eigenvalue weighted by atomic mass is 9.65. The molecule has 1 fully saturated rings. The number of benzene rings is 2. The Kier molecular flexibility index (Phi) is 2.72. The molecule has 0 atom stereocenters. The van der Waals surface area contributed by atoms with E-state index in [-0.39, 0.29) is 12.0 Å². The highest BCUT2D eigenvalue weighted by Gasteiger charge is 2.37. The Morgan fingerprint density at radius 2 is 2.00 bits per heavy atom. The molecule has 0 radical (unpaired) electrons. The summed E-state index contributed by atoms with van der Waals surface area (Å²) in [5.74, 6) is 0. The first kappa shape index (κ1) is 11.2. The van der Waals surface area contributed by atoms with Crippen molar-refractivity contribution in [1.29, 1.82) is 0 Å². The molecule has 2 heteroatoms. The van der Waals surface area contributed by atoms with E-state index >= 15 is 0 Å². The second-order valence-corrected chi connectivity index (χ2v) is 5.82. The molecule has 1 N–H and O–H groups in total. The molecule has 1 aliphatic carbocycles. The van der Waals surface area contributed by atoms with Crippen LogP contribution in [0.1, 0.15) is 24.8 Å². The van der Waals surface area contributed by atoms with E-state index in [1.54, 1.807) is 0 Å². The molecule has 0 unspecified atom stereocenters. The van der Waals surface area contributed by atoms with Crippen molar-refractivity contribution in [2.24, 2.45) is 0 Å². The maximum absolute atomic E-state index is 9.61. The summed E-state index contributed by atoms with van der Waals surface area (Å²) in [4.78, 5) is 0. The van der Waals surface area contributed by atoms with Crippen LogP contribution in [-0.4, -0.2) is 11.7 Å². The van der Waals surface area contributed by atoms with E-state index in [1.165, 1.54) is 22.8 Å². The van der Waals surface area contributed by atoms with Crippen molar-refractivity contribution in [3.8, 4) is 0 Å². The number of halogens is 1. The van der Waals surface area contributed by atoms with Gasteiger partial charge in [-0.1, -0.05) is 52.7 Å². The van der Waals surface area contributed by atoms with E-state index in [4.69, 9.17) is 0 Å². The normalized spacial score (nSPS) is 18.0. The van der Waals surface area contributed by atoms with Crippen molar-refractivity contribution in [2.75, 3.05) is 6.61 Å². The highest BCUT2D eigenvalue weighted by Crippen LogP contribution is 2.44. The van der Waals surface area contributed by atoms with Crippen LogP contribution in [0.2, 0.25) is 0 Å². The van der Waals surface area contributed by atoms with Crippen LogP contribution in [0.3, 0.4) is 0 Å². The molecule has 0 aliphatic heterocycles. The maximum Gasteiger partial charge on any atom is 0.0527 e. The maximum atomic E-state index is 9.61. The van der Waals surface area contributed by atoms with Gasteiger partial charge in [-0.2, -0.15) is 0 Å². The summed E-state index contributed by atoms with van der Waals surface area (Å²) in [7, 11) is 0. The summed E-state index contributed by atoms with van der Waals surface area (Å²) in [6, 6.07) is 12.8. The number of hydrogen-bond acceptors (Lipinski definition) is 1. The molecular formula is C15H15BrO. The minimum atomic E-state index is 0.0382. The molecule has 2 aromatic rings. The zero-order valence-electron chi connectivity index (χ0n) is 9.62. The molecule has 0 saturated heterocycles. The third kappa shape index (κ3) is 1.71. The fraction of sp³-hybridized carbons (Fsp3) is 0.333. The van der Waals surface area contributed by atoms with Crippen LogP contribution >= 0.6 is 15.9 Å². The van der Waals surface area contributed by atoms with Crippen LogP contribution in [0.15, 0.2) is 40.9 Å². The molecule has 0 bridgehead atoms. The molecule has 0 amide bonds. The van der Waals surface area contributed by atoms with Crippen LogP contribution < -0.4 is 0 Å². The standard InChI is InChI=1S/C15H15BrO/c16-14-4-1-3-11-9-12(5-6-13(11)14)15(10-17)7-2-8-15/h1,3-6,9,17H,2,7-8,10H2. The Labute approximate surface area is 110 Å². The van der Waals surface area contributed by atoms with Gasteiger partial charge in [-0.05, 0) is 35.2 Å². The summed E-state index contributed by atoms with van der Waals surface area (Å²) in [5, 5.41) is 12.1. The summed E-state index contributed by atoms with van der Waals surface area (Å²) in [6.07, 6.45) is 3.46. The van der Waals surface area contributed by atoms with E-state index in [0.717, 1.165) is 17.3 Å². The van der Waals surface area contributed by atoms with Crippen LogP contribution in [0.4, 0.5) is 0 Å². The average Bonchev–Trinajstić information content (AvgIpc) is 2.28. The fourth-order valence-corrected chi connectivity index (χ4v) is 3.23. The summed E-state index contributed by atoms with van der Waals surface area (Å²) >= 11 is 3.57. The minimum Gasteiger partial charge on any atom is -0.395 e. The topological polar surface area (TPSA) is 20.2 Å². The third-order valence-electron chi connectivity index (χ3n) is 4.05. The van der Waals surface area contributed by atoms with Gasteiger partial charge in [-0.3, -0.25) is 0 Å². The fourth-order valence-electron chi connectivity index (χ4n) is 2.72. The Morgan fingerprint density at radius 3 is 2.65 bits per heavy atom. The van der Waals surface area contributed by atoms with Crippen molar-refractivity contribution in [3.05, 3.63) is 46.4 Å². The molecule has 0 heterocycles. The monoisotopic (exact) mass is 290 g/mol. The van der Waals surface area contributed by atoms with Crippen molar-refractivity contribution in [1.82, 2.24) is 0 Å². The van der Waals surface area contributed by atoms with Crippen molar-refractivity contribution in [3.63, 3.8) is 0 Å². The lowest BCUT2D eigenvalue weighted by Gasteiger charge is -2.41. The molecular weight excluding hydrogens is 276 g/mol. The smallest absolute Gasteiger partial charge is 0.0527 e. The number of fused-ring (bicyclic) bond motifs is 1. The van der Waals surface area contributed by atoms with Gasteiger partial charge in [0.15, 0.2) is 0 Å². The largest absolute Gasteiger partial charge is 0.395 e. The first-order valence-electron chi connectivity index (χ1n) is 6.05. The van der Waals surface area contributed by atoms with Gasteiger partial charge < -0.3 is 5.11 Å². The van der Waals surface area contributed by atoms with Crippen molar-refractivity contribution in [2.45, 2.75) is 24.7 Å². The van der Waals surface area contributed by atoms with Gasteiger partial charge in [0.05, 0.1) is 6.61 Å². The van der Waals surface area contributed by atoms with E-state index < -0.39 is 0 Å². The lowest BCUT2D eigenvalue weighted by molar-refractivity contribution is 0.120. The number of aliphatic hydroxyl groups excluding tert-OH is 1. The molecule has 88 valence electrons. The number of hydrogen-bond donors (Lipinski definition) is 1. The molecule has 1 saturated carbocycles. The second-order valence-electron chi connectivity index (χ2n) is 4.97. The highest BCUT2D eigenvalue weighted by molar-refractivity contribution is 9.10. The van der Waals surface area contributed by atoms with E-state index in [1.807, 2.05) is 0 Å². The van der Waals surface area contributed by atoms with Gasteiger partial charge in [0.25, 0.3) is 0 Å². The first-order valence-corrected chi connectivity index (χ1v) is 6.84. The summed E-state index contributed by atoms with van der Waals surface area (Å²) < 4.78 is 1.13. The predicted octanol–water partition coefficient (Wildman–Crippen LogP) is 4.02. The second kappa shape index (κ2) is 4.11. The Bertz CT molecular complexity index is 552. The highest BCUT2D eigenvalue weighted by atomic mass is 79.9. The predicted molar refractivity (Wildman–Crippen MR) is 74.3 cm³/mol. The molecule has 1 nitrogen and oxygen atoms in total. The molecule has 0 aromatic heterocycles. The number of aliphatic hydroxyl groups is 1. The van der Waals surface area contributed by atoms with Gasteiger partial charge in [-0.25, -0.2) is 0 Å². The Balaban J connectivity index is 2.14. The summed E-state index contributed by atoms with van der Waals surface area (Å²) in [5.41, 5.74) is 1.33. The van der Waals surface area contributed by atoms with Gasteiger partial charge in [0, 0.05) is 9.89 Å². The van der Waals surface area contributed by atoms with E-state index in [2.05, 4.69) is 52.3 Å². The quantitative estimate of drug-likeness (QED) is 0.886. The van der Waals surface area contributed by atoms with Crippen LogP contribution in [0.5, 0.6) is 0 Å². The molecule has 1 aliphatic rings. The minimum absolute atomic E-state index is 0.0382. The zero-order valence-corrected chi connectivity index (χ0v) is 11.2. The Hall–Kier alpha value is -0.860. The summed E-state index contributed by atoms with van der Waals surface area (Å²) in [6.45, 7) is 0.270. The van der Waals surface area contributed by atoms with Crippen LogP contribution in [0.25, 0.3) is 10.8 Å². The SMILES string of the molecule is OCC1(c2ccc3c(Br)cccc3c2)CCC1. The number of rotatable bonds is 2.